The third-order valence-electron chi connectivity index (χ3n) is 3.23. The molecule has 0 radical (unpaired) electrons. The van der Waals surface area contributed by atoms with Gasteiger partial charge in [-0.05, 0) is 25.8 Å². The Bertz CT molecular complexity index is 252. The number of nitrogens with zero attached hydrogens (tertiary/aromatic N) is 1. The summed E-state index contributed by atoms with van der Waals surface area (Å²) in [4.78, 5) is 14.2. The van der Waals surface area contributed by atoms with E-state index in [-0.39, 0.29) is 0 Å². The summed E-state index contributed by atoms with van der Waals surface area (Å²) in [5, 5.41) is 3.24. The molecule has 2 aliphatic rings. The first kappa shape index (κ1) is 10.7. The lowest BCUT2D eigenvalue weighted by Crippen LogP contribution is -2.35. The zero-order chi connectivity index (χ0) is 10.5. The molecule has 2 rings (SSSR count). The highest BCUT2D eigenvalue weighted by molar-refractivity contribution is 5.93. The molecule has 0 saturated carbocycles. The van der Waals surface area contributed by atoms with Gasteiger partial charge in [0.2, 0.25) is 5.91 Å². The van der Waals surface area contributed by atoms with Crippen LogP contribution in [0.3, 0.4) is 0 Å². The number of hydrogen-bond donors (Lipinski definition) is 1. The first-order valence-corrected chi connectivity index (χ1v) is 6.07. The quantitative estimate of drug-likeness (QED) is 0.704. The minimum absolute atomic E-state index is 0.290. The van der Waals surface area contributed by atoms with E-state index >= 15 is 0 Å². The minimum atomic E-state index is 0.290. The molecular formula is C12H20N2O. The predicted octanol–water partition coefficient (Wildman–Crippen LogP) is 1.31. The van der Waals surface area contributed by atoms with Gasteiger partial charge in [-0.25, -0.2) is 0 Å². The average Bonchev–Trinajstić information content (AvgIpc) is 2.58. The summed E-state index contributed by atoms with van der Waals surface area (Å²) < 4.78 is 0. The Morgan fingerprint density at radius 2 is 1.93 bits per heavy atom. The summed E-state index contributed by atoms with van der Waals surface area (Å²) in [7, 11) is 0. The molecule has 3 nitrogen and oxygen atoms in total. The summed E-state index contributed by atoms with van der Waals surface area (Å²) in [6.45, 7) is 3.73. The number of carbonyl (C=O) groups is 1. The molecule has 1 saturated heterocycles. The number of likely N-dealkylation sites (tertiary alicyclic amines) is 1. The van der Waals surface area contributed by atoms with Crippen molar-refractivity contribution in [2.45, 2.75) is 32.1 Å². The second kappa shape index (κ2) is 5.31. The fourth-order valence-corrected chi connectivity index (χ4v) is 2.29. The third-order valence-corrected chi connectivity index (χ3v) is 3.23. The van der Waals surface area contributed by atoms with E-state index in [1.165, 1.54) is 25.7 Å². The molecule has 1 fully saturated rings. The Morgan fingerprint density at radius 1 is 1.20 bits per heavy atom. The van der Waals surface area contributed by atoms with Gasteiger partial charge in [-0.2, -0.15) is 0 Å². The van der Waals surface area contributed by atoms with E-state index in [1.807, 2.05) is 4.90 Å². The summed E-state index contributed by atoms with van der Waals surface area (Å²) in [6.07, 6.45) is 7.87. The Labute approximate surface area is 91.5 Å². The van der Waals surface area contributed by atoms with Gasteiger partial charge in [0.1, 0.15) is 0 Å². The fraction of sp³-hybridized carbons (Fsp3) is 0.750. The largest absolute Gasteiger partial charge is 0.339 e. The van der Waals surface area contributed by atoms with Crippen LogP contribution in [-0.4, -0.2) is 37.0 Å². The number of amides is 1. The van der Waals surface area contributed by atoms with Crippen molar-refractivity contribution in [2.75, 3.05) is 26.2 Å². The van der Waals surface area contributed by atoms with Crippen LogP contribution < -0.4 is 5.32 Å². The van der Waals surface area contributed by atoms with Gasteiger partial charge in [-0.3, -0.25) is 4.79 Å². The predicted molar refractivity (Wildman–Crippen MR) is 60.6 cm³/mol. The molecule has 0 aliphatic carbocycles. The van der Waals surface area contributed by atoms with E-state index in [9.17, 15) is 4.79 Å². The van der Waals surface area contributed by atoms with Crippen LogP contribution in [0.1, 0.15) is 32.1 Å². The smallest absolute Gasteiger partial charge is 0.249 e. The molecule has 0 aromatic carbocycles. The Morgan fingerprint density at radius 3 is 2.53 bits per heavy atom. The highest BCUT2D eigenvalue weighted by atomic mass is 16.2. The maximum absolute atomic E-state index is 12.1. The average molecular weight is 208 g/mol. The zero-order valence-corrected chi connectivity index (χ0v) is 9.30. The van der Waals surface area contributed by atoms with Crippen LogP contribution in [0.4, 0.5) is 0 Å². The van der Waals surface area contributed by atoms with Crippen LogP contribution in [0.2, 0.25) is 0 Å². The normalized spacial score (nSPS) is 23.2. The van der Waals surface area contributed by atoms with E-state index < -0.39 is 0 Å². The van der Waals surface area contributed by atoms with Gasteiger partial charge in [-0.15, -0.1) is 0 Å². The van der Waals surface area contributed by atoms with E-state index in [2.05, 4.69) is 11.4 Å². The van der Waals surface area contributed by atoms with Crippen LogP contribution in [0.15, 0.2) is 11.6 Å². The van der Waals surface area contributed by atoms with Gasteiger partial charge in [0.15, 0.2) is 0 Å². The molecular weight excluding hydrogens is 188 g/mol. The lowest BCUT2D eigenvalue weighted by molar-refractivity contribution is -0.127. The van der Waals surface area contributed by atoms with E-state index in [4.69, 9.17) is 0 Å². The van der Waals surface area contributed by atoms with Crippen molar-refractivity contribution in [3.63, 3.8) is 0 Å². The Balaban J connectivity index is 1.95. The second-order valence-electron chi connectivity index (χ2n) is 4.39. The summed E-state index contributed by atoms with van der Waals surface area (Å²) in [5.41, 5.74) is 1.02. The SMILES string of the molecule is O=C(C1=CCNCC1)N1CCCCCC1. The van der Waals surface area contributed by atoms with E-state index in [0.29, 0.717) is 5.91 Å². The van der Waals surface area contributed by atoms with Crippen molar-refractivity contribution < 1.29 is 4.79 Å². The molecule has 2 heterocycles. The second-order valence-corrected chi connectivity index (χ2v) is 4.39. The van der Waals surface area contributed by atoms with Gasteiger partial charge >= 0.3 is 0 Å². The maximum Gasteiger partial charge on any atom is 0.249 e. The minimum Gasteiger partial charge on any atom is -0.339 e. The molecule has 0 unspecified atom stereocenters. The van der Waals surface area contributed by atoms with Crippen molar-refractivity contribution in [1.29, 1.82) is 0 Å². The first-order chi connectivity index (χ1) is 7.38. The van der Waals surface area contributed by atoms with Crippen molar-refractivity contribution in [3.05, 3.63) is 11.6 Å². The highest BCUT2D eigenvalue weighted by Crippen LogP contribution is 2.14. The van der Waals surface area contributed by atoms with Crippen LogP contribution in [0.25, 0.3) is 0 Å². The molecule has 0 aromatic rings. The molecule has 1 amide bonds. The number of rotatable bonds is 1. The number of hydrogen-bond acceptors (Lipinski definition) is 2. The lowest BCUT2D eigenvalue weighted by atomic mass is 10.1. The van der Waals surface area contributed by atoms with Crippen molar-refractivity contribution >= 4 is 5.91 Å². The lowest BCUT2D eigenvalue weighted by Gasteiger charge is -2.23. The molecule has 1 N–H and O–H groups in total. The first-order valence-electron chi connectivity index (χ1n) is 6.07. The van der Waals surface area contributed by atoms with Gasteiger partial charge in [-0.1, -0.05) is 18.9 Å². The van der Waals surface area contributed by atoms with Crippen molar-refractivity contribution in [1.82, 2.24) is 10.2 Å². The van der Waals surface area contributed by atoms with Gasteiger partial charge in [0, 0.05) is 25.2 Å². The molecule has 0 atom stereocenters. The van der Waals surface area contributed by atoms with E-state index in [0.717, 1.165) is 38.2 Å². The molecule has 0 spiro atoms. The van der Waals surface area contributed by atoms with Crippen LogP contribution in [0.5, 0.6) is 0 Å². The Kier molecular flexibility index (Phi) is 3.78. The van der Waals surface area contributed by atoms with E-state index in [1.54, 1.807) is 0 Å². The monoisotopic (exact) mass is 208 g/mol. The highest BCUT2D eigenvalue weighted by Gasteiger charge is 2.19. The standard InChI is InChI=1S/C12H20N2O/c15-12(11-5-7-13-8-6-11)14-9-3-1-2-4-10-14/h5,13H,1-4,6-10H2. The van der Waals surface area contributed by atoms with Crippen LogP contribution >= 0.6 is 0 Å². The topological polar surface area (TPSA) is 32.3 Å². The van der Waals surface area contributed by atoms with Gasteiger partial charge in [0.25, 0.3) is 0 Å². The molecule has 0 bridgehead atoms. The number of carbonyl (C=O) groups excluding carboxylic acids is 1. The van der Waals surface area contributed by atoms with Gasteiger partial charge < -0.3 is 10.2 Å². The van der Waals surface area contributed by atoms with Crippen LogP contribution in [0, 0.1) is 0 Å². The van der Waals surface area contributed by atoms with Crippen molar-refractivity contribution in [2.24, 2.45) is 0 Å². The summed E-state index contributed by atoms with van der Waals surface area (Å²) in [6, 6.07) is 0. The summed E-state index contributed by atoms with van der Waals surface area (Å²) >= 11 is 0. The number of nitrogens with one attached hydrogen (secondary N) is 1. The van der Waals surface area contributed by atoms with Crippen molar-refractivity contribution in [3.8, 4) is 0 Å². The third kappa shape index (κ3) is 2.81. The maximum atomic E-state index is 12.1. The van der Waals surface area contributed by atoms with Gasteiger partial charge in [0.05, 0.1) is 0 Å². The zero-order valence-electron chi connectivity index (χ0n) is 9.30. The Hall–Kier alpha value is -0.830. The molecule has 0 aromatic heterocycles. The summed E-state index contributed by atoms with van der Waals surface area (Å²) in [5.74, 6) is 0.290. The fourth-order valence-electron chi connectivity index (χ4n) is 2.29. The molecule has 15 heavy (non-hydrogen) atoms. The molecule has 3 heteroatoms. The molecule has 2 aliphatic heterocycles. The van der Waals surface area contributed by atoms with Crippen LogP contribution in [-0.2, 0) is 4.79 Å². The molecule has 84 valence electrons.